The fourth-order valence-corrected chi connectivity index (χ4v) is 3.32. The molecule has 1 fully saturated rings. The molecule has 2 heterocycles. The average molecular weight is 226 g/mol. The average Bonchev–Trinajstić information content (AvgIpc) is 2.28. The smallest absolute Gasteiger partial charge is 0.0190 e. The van der Waals surface area contributed by atoms with E-state index in [0.29, 0.717) is 0 Å². The van der Waals surface area contributed by atoms with Gasteiger partial charge in [-0.2, -0.15) is 11.8 Å². The summed E-state index contributed by atoms with van der Waals surface area (Å²) in [6, 6.07) is 0.759. The van der Waals surface area contributed by atoms with Crippen molar-refractivity contribution < 1.29 is 0 Å². The molecule has 0 aromatic heterocycles. The minimum Gasteiger partial charge on any atom is -0.312 e. The summed E-state index contributed by atoms with van der Waals surface area (Å²) in [6.07, 6.45) is 4.95. The van der Waals surface area contributed by atoms with Crippen LogP contribution in [0.3, 0.4) is 0 Å². The van der Waals surface area contributed by atoms with Gasteiger partial charge in [-0.1, -0.05) is 11.6 Å². The summed E-state index contributed by atoms with van der Waals surface area (Å²) in [7, 11) is 0. The van der Waals surface area contributed by atoms with Crippen molar-refractivity contribution >= 4 is 11.8 Å². The number of rotatable bonds is 3. The highest BCUT2D eigenvalue weighted by atomic mass is 32.2. The third-order valence-corrected chi connectivity index (χ3v) is 4.33. The Balaban J connectivity index is 1.66. The fourth-order valence-electron chi connectivity index (χ4n) is 2.32. The zero-order valence-electron chi connectivity index (χ0n) is 9.67. The van der Waals surface area contributed by atoms with Gasteiger partial charge in [-0.05, 0) is 26.3 Å². The van der Waals surface area contributed by atoms with E-state index >= 15 is 0 Å². The van der Waals surface area contributed by atoms with Crippen molar-refractivity contribution in [3.8, 4) is 0 Å². The molecular formula is C12H22N2S. The van der Waals surface area contributed by atoms with Crippen LogP contribution in [0.25, 0.3) is 0 Å². The molecule has 15 heavy (non-hydrogen) atoms. The van der Waals surface area contributed by atoms with Gasteiger partial charge in [0.15, 0.2) is 0 Å². The van der Waals surface area contributed by atoms with Gasteiger partial charge in [-0.15, -0.1) is 0 Å². The first-order valence-corrected chi connectivity index (χ1v) is 7.19. The van der Waals surface area contributed by atoms with Gasteiger partial charge in [0, 0.05) is 37.2 Å². The first-order chi connectivity index (χ1) is 7.34. The van der Waals surface area contributed by atoms with Crippen LogP contribution >= 0.6 is 11.8 Å². The standard InChI is InChI=1S/C12H22N2S/c1-11-3-2-6-14(9-11)7-4-12-10-15-8-5-13-12/h3,12-13H,2,4-10H2,1H3. The normalized spacial score (nSPS) is 28.9. The van der Waals surface area contributed by atoms with Crippen LogP contribution in [0.5, 0.6) is 0 Å². The van der Waals surface area contributed by atoms with Gasteiger partial charge < -0.3 is 5.32 Å². The molecule has 3 heteroatoms. The van der Waals surface area contributed by atoms with Crippen LogP contribution in [-0.2, 0) is 0 Å². The van der Waals surface area contributed by atoms with E-state index in [0.717, 1.165) is 6.04 Å². The number of thioether (sulfide) groups is 1. The zero-order chi connectivity index (χ0) is 10.5. The Morgan fingerprint density at radius 2 is 2.53 bits per heavy atom. The lowest BCUT2D eigenvalue weighted by molar-refractivity contribution is 0.274. The predicted octanol–water partition coefficient (Wildman–Crippen LogP) is 1.73. The highest BCUT2D eigenvalue weighted by Crippen LogP contribution is 2.13. The van der Waals surface area contributed by atoms with Gasteiger partial charge in [0.1, 0.15) is 0 Å². The van der Waals surface area contributed by atoms with Gasteiger partial charge in [0.05, 0.1) is 0 Å². The predicted molar refractivity (Wildman–Crippen MR) is 68.5 cm³/mol. The van der Waals surface area contributed by atoms with Gasteiger partial charge in [0.25, 0.3) is 0 Å². The van der Waals surface area contributed by atoms with Crippen molar-refractivity contribution in [3.05, 3.63) is 11.6 Å². The molecule has 0 aromatic carbocycles. The monoisotopic (exact) mass is 226 g/mol. The van der Waals surface area contributed by atoms with Crippen LogP contribution in [-0.4, -0.2) is 48.6 Å². The lowest BCUT2D eigenvalue weighted by Crippen LogP contribution is -2.41. The molecule has 1 atom stereocenters. The van der Waals surface area contributed by atoms with Gasteiger partial charge in [0.2, 0.25) is 0 Å². The zero-order valence-corrected chi connectivity index (χ0v) is 10.5. The molecular weight excluding hydrogens is 204 g/mol. The van der Waals surface area contributed by atoms with Gasteiger partial charge in [-0.3, -0.25) is 4.90 Å². The Morgan fingerprint density at radius 1 is 1.60 bits per heavy atom. The molecule has 0 bridgehead atoms. The molecule has 1 N–H and O–H groups in total. The first kappa shape index (κ1) is 11.5. The fraction of sp³-hybridized carbons (Fsp3) is 0.833. The molecule has 86 valence electrons. The lowest BCUT2D eigenvalue weighted by atomic mass is 10.1. The molecule has 0 saturated carbocycles. The maximum absolute atomic E-state index is 3.61. The highest BCUT2D eigenvalue weighted by molar-refractivity contribution is 7.99. The largest absolute Gasteiger partial charge is 0.312 e. The topological polar surface area (TPSA) is 15.3 Å². The molecule has 1 unspecified atom stereocenters. The van der Waals surface area contributed by atoms with E-state index in [1.165, 1.54) is 50.5 Å². The van der Waals surface area contributed by atoms with E-state index in [4.69, 9.17) is 0 Å². The van der Waals surface area contributed by atoms with Crippen molar-refractivity contribution in [2.24, 2.45) is 0 Å². The van der Waals surface area contributed by atoms with Crippen LogP contribution < -0.4 is 5.32 Å². The van der Waals surface area contributed by atoms with Crippen molar-refractivity contribution in [2.45, 2.75) is 25.8 Å². The van der Waals surface area contributed by atoms with Crippen LogP contribution in [0.1, 0.15) is 19.8 Å². The summed E-state index contributed by atoms with van der Waals surface area (Å²) >= 11 is 2.10. The molecule has 0 aromatic rings. The minimum atomic E-state index is 0.759. The molecule has 2 aliphatic rings. The van der Waals surface area contributed by atoms with Gasteiger partial charge >= 0.3 is 0 Å². The van der Waals surface area contributed by atoms with Crippen molar-refractivity contribution in [1.29, 1.82) is 0 Å². The Labute approximate surface area is 97.5 Å². The second-order valence-corrected chi connectivity index (χ2v) is 5.78. The van der Waals surface area contributed by atoms with Crippen LogP contribution in [0.4, 0.5) is 0 Å². The summed E-state index contributed by atoms with van der Waals surface area (Å²) in [4.78, 5) is 2.59. The van der Waals surface area contributed by atoms with E-state index in [9.17, 15) is 0 Å². The Bertz CT molecular complexity index is 222. The van der Waals surface area contributed by atoms with Crippen molar-refractivity contribution in [3.63, 3.8) is 0 Å². The molecule has 0 spiro atoms. The number of nitrogens with zero attached hydrogens (tertiary/aromatic N) is 1. The maximum atomic E-state index is 3.61. The number of hydrogen-bond donors (Lipinski definition) is 1. The molecule has 2 rings (SSSR count). The van der Waals surface area contributed by atoms with E-state index < -0.39 is 0 Å². The molecule has 1 saturated heterocycles. The Morgan fingerprint density at radius 3 is 3.27 bits per heavy atom. The second kappa shape index (κ2) is 5.92. The molecule has 2 aliphatic heterocycles. The summed E-state index contributed by atoms with van der Waals surface area (Å²) < 4.78 is 0. The maximum Gasteiger partial charge on any atom is 0.0190 e. The summed E-state index contributed by atoms with van der Waals surface area (Å²) in [5, 5.41) is 3.61. The molecule has 2 nitrogen and oxygen atoms in total. The van der Waals surface area contributed by atoms with E-state index in [2.05, 4.69) is 35.0 Å². The van der Waals surface area contributed by atoms with Crippen LogP contribution in [0.2, 0.25) is 0 Å². The van der Waals surface area contributed by atoms with E-state index in [-0.39, 0.29) is 0 Å². The first-order valence-electron chi connectivity index (χ1n) is 6.04. The van der Waals surface area contributed by atoms with E-state index in [1.54, 1.807) is 5.57 Å². The highest BCUT2D eigenvalue weighted by Gasteiger charge is 2.15. The lowest BCUT2D eigenvalue weighted by Gasteiger charge is -2.29. The Hall–Kier alpha value is 0.01000. The summed E-state index contributed by atoms with van der Waals surface area (Å²) in [6.45, 7) is 7.18. The molecule has 0 amide bonds. The van der Waals surface area contributed by atoms with E-state index in [1.807, 2.05) is 0 Å². The number of nitrogens with one attached hydrogen (secondary N) is 1. The van der Waals surface area contributed by atoms with Crippen molar-refractivity contribution in [1.82, 2.24) is 10.2 Å². The number of hydrogen-bond acceptors (Lipinski definition) is 3. The second-order valence-electron chi connectivity index (χ2n) is 4.63. The molecule has 0 radical (unpaired) electrons. The van der Waals surface area contributed by atoms with Crippen LogP contribution in [0.15, 0.2) is 11.6 Å². The third-order valence-electron chi connectivity index (χ3n) is 3.20. The summed E-state index contributed by atoms with van der Waals surface area (Å²) in [5.41, 5.74) is 1.55. The van der Waals surface area contributed by atoms with Crippen molar-refractivity contribution in [2.75, 3.05) is 37.7 Å². The third kappa shape index (κ3) is 3.82. The quantitative estimate of drug-likeness (QED) is 0.738. The van der Waals surface area contributed by atoms with Crippen LogP contribution in [0, 0.1) is 0 Å². The SMILES string of the molecule is CC1=CCCN(CCC2CSCCN2)C1. The summed E-state index contributed by atoms with van der Waals surface area (Å²) in [5.74, 6) is 2.60. The van der Waals surface area contributed by atoms with Gasteiger partial charge in [-0.25, -0.2) is 0 Å². The molecule has 0 aliphatic carbocycles. The Kier molecular flexibility index (Phi) is 4.54. The minimum absolute atomic E-state index is 0.759.